The summed E-state index contributed by atoms with van der Waals surface area (Å²) in [7, 11) is 0. The van der Waals surface area contributed by atoms with Crippen molar-refractivity contribution in [1.82, 2.24) is 20.1 Å². The topological polar surface area (TPSA) is 78.7 Å². The fraction of sp³-hybridized carbons (Fsp3) is 0.450. The number of carbonyl (C=O) groups excluding carboxylic acids is 2. The maximum absolute atomic E-state index is 12.9. The van der Waals surface area contributed by atoms with Gasteiger partial charge >= 0.3 is 0 Å². The zero-order valence-electron chi connectivity index (χ0n) is 15.9. The number of piperazine rings is 1. The minimum absolute atomic E-state index is 0.0379. The maximum Gasteiger partial charge on any atom is 0.237 e. The van der Waals surface area contributed by atoms with Gasteiger partial charge in [0.2, 0.25) is 11.8 Å². The molecule has 1 N–H and O–H groups in total. The summed E-state index contributed by atoms with van der Waals surface area (Å²) in [6, 6.07) is 7.14. The van der Waals surface area contributed by atoms with E-state index in [2.05, 4.69) is 10.3 Å². The Morgan fingerprint density at radius 2 is 2.26 bits per heavy atom. The molecule has 144 valence electrons. The summed E-state index contributed by atoms with van der Waals surface area (Å²) in [6.07, 6.45) is 3.62. The van der Waals surface area contributed by atoms with Crippen molar-refractivity contribution in [2.75, 3.05) is 19.6 Å². The standard InChI is InChI=1S/C20H26N4O3/c1-3-23(13-16-5-4-8-21-12-16)19(25)11-18-20(26)22-9-10-24(18)14-17-7-6-15(2)27-17/h4-8,12,18H,3,9-11,13-14H2,1-2H3,(H,22,26)/t18-/m1/s1. The highest BCUT2D eigenvalue weighted by Gasteiger charge is 2.33. The van der Waals surface area contributed by atoms with Gasteiger partial charge in [0.1, 0.15) is 11.5 Å². The SMILES string of the molecule is CCN(Cc1cccnc1)C(=O)C[C@@H]1C(=O)NCCN1Cc1ccc(C)o1. The molecular weight excluding hydrogens is 344 g/mol. The Balaban J connectivity index is 1.67. The third-order valence-corrected chi connectivity index (χ3v) is 4.80. The molecule has 1 saturated heterocycles. The number of hydrogen-bond acceptors (Lipinski definition) is 5. The molecule has 0 radical (unpaired) electrons. The fourth-order valence-electron chi connectivity index (χ4n) is 3.33. The van der Waals surface area contributed by atoms with Gasteiger partial charge in [-0.2, -0.15) is 0 Å². The zero-order valence-corrected chi connectivity index (χ0v) is 15.9. The number of furan rings is 1. The van der Waals surface area contributed by atoms with E-state index < -0.39 is 6.04 Å². The first-order valence-corrected chi connectivity index (χ1v) is 9.30. The zero-order chi connectivity index (χ0) is 19.2. The summed E-state index contributed by atoms with van der Waals surface area (Å²) >= 11 is 0. The first-order chi connectivity index (χ1) is 13.1. The van der Waals surface area contributed by atoms with Crippen molar-refractivity contribution >= 4 is 11.8 Å². The second-order valence-corrected chi connectivity index (χ2v) is 6.76. The summed E-state index contributed by atoms with van der Waals surface area (Å²) in [5.74, 6) is 1.51. The Labute approximate surface area is 159 Å². The number of pyridine rings is 1. The molecule has 3 heterocycles. The van der Waals surface area contributed by atoms with E-state index >= 15 is 0 Å². The molecule has 2 aromatic rings. The van der Waals surface area contributed by atoms with E-state index in [1.807, 2.05) is 43.0 Å². The average molecular weight is 370 g/mol. The van der Waals surface area contributed by atoms with E-state index in [-0.39, 0.29) is 18.2 Å². The van der Waals surface area contributed by atoms with Crippen LogP contribution in [0.2, 0.25) is 0 Å². The largest absolute Gasteiger partial charge is 0.465 e. The number of amides is 2. The maximum atomic E-state index is 12.9. The van der Waals surface area contributed by atoms with Crippen LogP contribution in [0.15, 0.2) is 41.1 Å². The van der Waals surface area contributed by atoms with Crippen LogP contribution in [0.1, 0.15) is 30.4 Å². The molecule has 1 atom stereocenters. The Kier molecular flexibility index (Phi) is 6.24. The monoisotopic (exact) mass is 370 g/mol. The molecule has 2 amide bonds. The van der Waals surface area contributed by atoms with Crippen molar-refractivity contribution < 1.29 is 14.0 Å². The van der Waals surface area contributed by atoms with Crippen molar-refractivity contribution in [2.45, 2.75) is 39.4 Å². The summed E-state index contributed by atoms with van der Waals surface area (Å²) in [4.78, 5) is 33.2. The molecule has 0 spiro atoms. The van der Waals surface area contributed by atoms with Gasteiger partial charge in [0.25, 0.3) is 0 Å². The molecule has 1 fully saturated rings. The van der Waals surface area contributed by atoms with Gasteiger partial charge in [0.05, 0.1) is 19.0 Å². The van der Waals surface area contributed by atoms with E-state index in [1.54, 1.807) is 17.3 Å². The summed E-state index contributed by atoms with van der Waals surface area (Å²) in [6.45, 7) is 6.71. The fourth-order valence-corrected chi connectivity index (χ4v) is 3.33. The lowest BCUT2D eigenvalue weighted by molar-refractivity contribution is -0.139. The lowest BCUT2D eigenvalue weighted by Gasteiger charge is -2.35. The second-order valence-electron chi connectivity index (χ2n) is 6.76. The molecular formula is C20H26N4O3. The number of hydrogen-bond donors (Lipinski definition) is 1. The van der Waals surface area contributed by atoms with Crippen LogP contribution in [0, 0.1) is 6.92 Å². The number of aryl methyl sites for hydroxylation is 1. The van der Waals surface area contributed by atoms with Gasteiger partial charge in [-0.1, -0.05) is 6.07 Å². The van der Waals surface area contributed by atoms with Crippen molar-refractivity contribution in [3.63, 3.8) is 0 Å². The van der Waals surface area contributed by atoms with Gasteiger partial charge in [-0.15, -0.1) is 0 Å². The molecule has 0 bridgehead atoms. The van der Waals surface area contributed by atoms with Gasteiger partial charge in [0.15, 0.2) is 0 Å². The molecule has 7 nitrogen and oxygen atoms in total. The van der Waals surface area contributed by atoms with Crippen molar-refractivity contribution in [2.24, 2.45) is 0 Å². The first kappa shape index (κ1) is 19.1. The molecule has 0 aromatic carbocycles. The van der Waals surface area contributed by atoms with Crippen LogP contribution in [0.3, 0.4) is 0 Å². The third kappa shape index (κ3) is 4.95. The van der Waals surface area contributed by atoms with Crippen LogP contribution in [0.5, 0.6) is 0 Å². The number of rotatable bonds is 7. The Bertz CT molecular complexity index is 775. The Morgan fingerprint density at radius 1 is 1.41 bits per heavy atom. The predicted octanol–water partition coefficient (Wildman–Crippen LogP) is 1.72. The summed E-state index contributed by atoms with van der Waals surface area (Å²) in [5, 5.41) is 2.87. The predicted molar refractivity (Wildman–Crippen MR) is 101 cm³/mol. The van der Waals surface area contributed by atoms with Crippen LogP contribution >= 0.6 is 0 Å². The third-order valence-electron chi connectivity index (χ3n) is 4.80. The van der Waals surface area contributed by atoms with E-state index in [1.165, 1.54) is 0 Å². The highest BCUT2D eigenvalue weighted by molar-refractivity contribution is 5.88. The molecule has 0 aliphatic carbocycles. The van der Waals surface area contributed by atoms with E-state index in [0.29, 0.717) is 32.7 Å². The van der Waals surface area contributed by atoms with Crippen LogP contribution in [0.25, 0.3) is 0 Å². The first-order valence-electron chi connectivity index (χ1n) is 9.30. The summed E-state index contributed by atoms with van der Waals surface area (Å²) < 4.78 is 5.65. The lowest BCUT2D eigenvalue weighted by atomic mass is 10.1. The molecule has 1 aliphatic rings. The van der Waals surface area contributed by atoms with E-state index in [4.69, 9.17) is 4.42 Å². The van der Waals surface area contributed by atoms with Crippen molar-refractivity contribution in [3.8, 4) is 0 Å². The highest BCUT2D eigenvalue weighted by atomic mass is 16.3. The molecule has 0 unspecified atom stereocenters. The number of nitrogens with zero attached hydrogens (tertiary/aromatic N) is 3. The molecule has 27 heavy (non-hydrogen) atoms. The van der Waals surface area contributed by atoms with Gasteiger partial charge in [0, 0.05) is 38.6 Å². The van der Waals surface area contributed by atoms with Crippen LogP contribution in [0.4, 0.5) is 0 Å². The van der Waals surface area contributed by atoms with E-state index in [0.717, 1.165) is 17.1 Å². The van der Waals surface area contributed by atoms with Gasteiger partial charge in [-0.3, -0.25) is 19.5 Å². The molecule has 0 saturated carbocycles. The Morgan fingerprint density at radius 3 is 2.93 bits per heavy atom. The number of aromatic nitrogens is 1. The van der Waals surface area contributed by atoms with Crippen LogP contribution in [-0.4, -0.2) is 52.3 Å². The lowest BCUT2D eigenvalue weighted by Crippen LogP contribution is -2.56. The molecule has 1 aliphatic heterocycles. The molecule has 2 aromatic heterocycles. The van der Waals surface area contributed by atoms with Gasteiger partial charge in [-0.05, 0) is 37.6 Å². The highest BCUT2D eigenvalue weighted by Crippen LogP contribution is 2.17. The van der Waals surface area contributed by atoms with Gasteiger partial charge in [-0.25, -0.2) is 0 Å². The number of nitrogens with one attached hydrogen (secondary N) is 1. The summed E-state index contributed by atoms with van der Waals surface area (Å²) in [5.41, 5.74) is 0.976. The molecule has 3 rings (SSSR count). The normalized spacial score (nSPS) is 17.6. The van der Waals surface area contributed by atoms with Crippen LogP contribution in [-0.2, 0) is 22.7 Å². The van der Waals surface area contributed by atoms with Crippen molar-refractivity contribution in [3.05, 3.63) is 53.7 Å². The number of carbonyl (C=O) groups is 2. The quantitative estimate of drug-likeness (QED) is 0.803. The minimum Gasteiger partial charge on any atom is -0.465 e. The molecule has 7 heteroatoms. The second kappa shape index (κ2) is 8.81. The van der Waals surface area contributed by atoms with E-state index in [9.17, 15) is 9.59 Å². The van der Waals surface area contributed by atoms with Crippen LogP contribution < -0.4 is 5.32 Å². The van der Waals surface area contributed by atoms with Crippen molar-refractivity contribution in [1.29, 1.82) is 0 Å². The Hall–Kier alpha value is -2.67. The smallest absolute Gasteiger partial charge is 0.237 e. The minimum atomic E-state index is -0.486. The average Bonchev–Trinajstić information content (AvgIpc) is 3.08. The van der Waals surface area contributed by atoms with Gasteiger partial charge < -0.3 is 14.6 Å².